The Bertz CT molecular complexity index is 632. The van der Waals surface area contributed by atoms with Crippen LogP contribution >= 0.6 is 24.0 Å². The molecule has 2 aromatic rings. The molecular weight excluding hydrogens is 351 g/mol. The van der Waals surface area contributed by atoms with Gasteiger partial charge >= 0.3 is 0 Å². The second kappa shape index (κ2) is 9.16. The van der Waals surface area contributed by atoms with E-state index in [9.17, 15) is 0 Å². The summed E-state index contributed by atoms with van der Waals surface area (Å²) in [4.78, 5) is 2.29. The minimum absolute atomic E-state index is 0. The molecule has 7 heteroatoms. The lowest BCUT2D eigenvalue weighted by Crippen LogP contribution is -2.26. The van der Waals surface area contributed by atoms with E-state index in [0.717, 1.165) is 19.0 Å². The molecule has 1 aromatic heterocycles. The summed E-state index contributed by atoms with van der Waals surface area (Å²) in [5.74, 6) is 2.70. The van der Waals surface area contributed by atoms with Crippen LogP contribution in [0.1, 0.15) is 18.6 Å². The van der Waals surface area contributed by atoms with E-state index in [1.807, 2.05) is 12.1 Å². The van der Waals surface area contributed by atoms with Crippen LogP contribution in [0.2, 0.25) is 5.02 Å². The van der Waals surface area contributed by atoms with E-state index in [1.54, 1.807) is 18.2 Å². The number of hydrogen-bond acceptors (Lipinski definition) is 5. The molecule has 0 amide bonds. The van der Waals surface area contributed by atoms with E-state index in [2.05, 4.69) is 17.1 Å². The Morgan fingerprint density at radius 1 is 1.29 bits per heavy atom. The van der Waals surface area contributed by atoms with Crippen molar-refractivity contribution >= 4 is 24.0 Å². The molecule has 0 spiro atoms. The van der Waals surface area contributed by atoms with Crippen molar-refractivity contribution in [1.29, 1.82) is 0 Å². The molecule has 1 aliphatic rings. The third-order valence-corrected chi connectivity index (χ3v) is 3.94. The van der Waals surface area contributed by atoms with Crippen molar-refractivity contribution < 1.29 is 14.0 Å². The van der Waals surface area contributed by atoms with Gasteiger partial charge in [-0.1, -0.05) is 17.7 Å². The van der Waals surface area contributed by atoms with Gasteiger partial charge in [-0.15, -0.1) is 12.4 Å². The van der Waals surface area contributed by atoms with Gasteiger partial charge in [-0.2, -0.15) is 0 Å². The minimum Gasteiger partial charge on any atom is -0.485 e. The number of benzene rings is 1. The van der Waals surface area contributed by atoms with E-state index in [-0.39, 0.29) is 19.0 Å². The summed E-state index contributed by atoms with van der Waals surface area (Å²) in [6.07, 6.45) is 2.73. The zero-order valence-corrected chi connectivity index (χ0v) is 15.2. The van der Waals surface area contributed by atoms with Crippen LogP contribution in [-0.4, -0.2) is 36.8 Å². The Morgan fingerprint density at radius 2 is 2.12 bits per heavy atom. The summed E-state index contributed by atoms with van der Waals surface area (Å²) in [5, 5.41) is 4.53. The summed E-state index contributed by atoms with van der Waals surface area (Å²) in [5.41, 5.74) is 0. The maximum Gasteiger partial charge on any atom is 0.254 e. The van der Waals surface area contributed by atoms with Gasteiger partial charge in [0.05, 0.1) is 0 Å². The number of nitrogens with zero attached hydrogens (tertiary/aromatic N) is 2. The van der Waals surface area contributed by atoms with Gasteiger partial charge in [0.1, 0.15) is 19.0 Å². The quantitative estimate of drug-likeness (QED) is 0.664. The van der Waals surface area contributed by atoms with Crippen molar-refractivity contribution in [3.63, 3.8) is 0 Å². The van der Waals surface area contributed by atoms with E-state index in [1.165, 1.54) is 12.8 Å². The second-order valence-corrected chi connectivity index (χ2v) is 6.37. The van der Waals surface area contributed by atoms with Crippen LogP contribution in [0.15, 0.2) is 34.9 Å². The van der Waals surface area contributed by atoms with Crippen molar-refractivity contribution in [2.45, 2.75) is 19.4 Å². The monoisotopic (exact) mass is 372 g/mol. The third kappa shape index (κ3) is 6.23. The van der Waals surface area contributed by atoms with Gasteiger partial charge < -0.3 is 18.9 Å². The molecule has 0 unspecified atom stereocenters. The average molecular weight is 373 g/mol. The normalized spacial score (nSPS) is 13.6. The van der Waals surface area contributed by atoms with Gasteiger partial charge in [0.2, 0.25) is 0 Å². The van der Waals surface area contributed by atoms with Gasteiger partial charge in [-0.05, 0) is 49.2 Å². The second-order valence-electron chi connectivity index (χ2n) is 5.93. The number of likely N-dealkylation sites (N-methyl/N-ethyl adjacent to an activating group) is 1. The molecule has 132 valence electrons. The number of rotatable bonds is 9. The topological polar surface area (TPSA) is 47.7 Å². The first-order chi connectivity index (χ1) is 11.2. The molecule has 1 heterocycles. The van der Waals surface area contributed by atoms with Crippen molar-refractivity contribution in [2.24, 2.45) is 5.92 Å². The molecule has 0 aliphatic heterocycles. The molecule has 1 aromatic carbocycles. The summed E-state index contributed by atoms with van der Waals surface area (Å²) in [6.45, 7) is 2.93. The molecule has 1 fully saturated rings. The van der Waals surface area contributed by atoms with Crippen LogP contribution in [0, 0.1) is 5.92 Å². The highest BCUT2D eigenvalue weighted by Gasteiger charge is 2.22. The first-order valence-corrected chi connectivity index (χ1v) is 8.22. The van der Waals surface area contributed by atoms with Crippen molar-refractivity contribution in [3.05, 3.63) is 41.1 Å². The smallest absolute Gasteiger partial charge is 0.254 e. The Labute approximate surface area is 153 Å². The van der Waals surface area contributed by atoms with Crippen LogP contribution < -0.4 is 9.47 Å². The Hall–Kier alpha value is -1.43. The minimum atomic E-state index is 0. The molecule has 0 saturated heterocycles. The fraction of sp³-hybridized carbons (Fsp3) is 0.471. The molecule has 0 bridgehead atoms. The summed E-state index contributed by atoms with van der Waals surface area (Å²) >= 11 is 5.91. The molecular formula is C17H22Cl2N2O3. The van der Waals surface area contributed by atoms with Crippen LogP contribution in [0.25, 0.3) is 0 Å². The van der Waals surface area contributed by atoms with E-state index in [0.29, 0.717) is 29.0 Å². The Balaban J connectivity index is 0.00000208. The number of halogens is 2. The highest BCUT2D eigenvalue weighted by atomic mass is 35.5. The van der Waals surface area contributed by atoms with Gasteiger partial charge in [-0.3, -0.25) is 0 Å². The number of hydrogen-bond donors (Lipinski definition) is 0. The SMILES string of the molecule is CN(CCOc1cc(COc2cccc(Cl)c2)on1)CC1CC1.Cl. The zero-order chi connectivity index (χ0) is 16.1. The van der Waals surface area contributed by atoms with Gasteiger partial charge in [0.25, 0.3) is 5.88 Å². The lowest BCUT2D eigenvalue weighted by atomic mass is 10.3. The molecule has 24 heavy (non-hydrogen) atoms. The van der Waals surface area contributed by atoms with Crippen LogP contribution in [-0.2, 0) is 6.61 Å². The summed E-state index contributed by atoms with van der Waals surface area (Å²) < 4.78 is 16.4. The van der Waals surface area contributed by atoms with Crippen molar-refractivity contribution in [3.8, 4) is 11.6 Å². The fourth-order valence-corrected chi connectivity index (χ4v) is 2.46. The zero-order valence-electron chi connectivity index (χ0n) is 13.6. The lowest BCUT2D eigenvalue weighted by molar-refractivity contribution is 0.212. The molecule has 0 atom stereocenters. The maximum atomic E-state index is 5.91. The highest BCUT2D eigenvalue weighted by molar-refractivity contribution is 6.30. The Morgan fingerprint density at radius 3 is 2.88 bits per heavy atom. The molecule has 0 N–H and O–H groups in total. The predicted octanol–water partition coefficient (Wildman–Crippen LogP) is 4.05. The fourth-order valence-electron chi connectivity index (χ4n) is 2.28. The van der Waals surface area contributed by atoms with Crippen LogP contribution in [0.3, 0.4) is 0 Å². The molecule has 3 rings (SSSR count). The molecule has 1 saturated carbocycles. The maximum absolute atomic E-state index is 5.91. The van der Waals surface area contributed by atoms with Crippen LogP contribution in [0.5, 0.6) is 11.6 Å². The molecule has 5 nitrogen and oxygen atoms in total. The number of aromatic nitrogens is 1. The van der Waals surface area contributed by atoms with Gasteiger partial charge in [0.15, 0.2) is 5.76 Å². The highest BCUT2D eigenvalue weighted by Crippen LogP contribution is 2.29. The first kappa shape index (κ1) is 18.9. The Kier molecular flexibility index (Phi) is 7.21. The summed E-state index contributed by atoms with van der Waals surface area (Å²) in [7, 11) is 2.12. The first-order valence-electron chi connectivity index (χ1n) is 7.84. The van der Waals surface area contributed by atoms with Crippen molar-refractivity contribution in [2.75, 3.05) is 26.7 Å². The molecule has 1 aliphatic carbocycles. The standard InChI is InChI=1S/C17H21ClN2O3.ClH/c1-20(11-13-5-6-13)7-8-21-17-10-16(23-19-17)12-22-15-4-2-3-14(18)9-15;/h2-4,9-10,13H,5-8,11-12H2,1H3;1H. The predicted molar refractivity (Wildman–Crippen MR) is 95.3 cm³/mol. The third-order valence-electron chi connectivity index (χ3n) is 3.70. The largest absolute Gasteiger partial charge is 0.485 e. The summed E-state index contributed by atoms with van der Waals surface area (Å²) in [6, 6.07) is 8.99. The average Bonchev–Trinajstić information content (AvgIpc) is 3.22. The molecule has 0 radical (unpaired) electrons. The number of ether oxygens (including phenoxy) is 2. The van der Waals surface area contributed by atoms with Gasteiger partial charge in [0, 0.05) is 24.2 Å². The van der Waals surface area contributed by atoms with Crippen LogP contribution in [0.4, 0.5) is 0 Å². The van der Waals surface area contributed by atoms with E-state index in [4.69, 9.17) is 25.6 Å². The van der Waals surface area contributed by atoms with E-state index >= 15 is 0 Å². The van der Waals surface area contributed by atoms with Gasteiger partial charge in [-0.25, -0.2) is 0 Å². The lowest BCUT2D eigenvalue weighted by Gasteiger charge is -2.15. The van der Waals surface area contributed by atoms with E-state index < -0.39 is 0 Å². The van der Waals surface area contributed by atoms with Crippen molar-refractivity contribution in [1.82, 2.24) is 10.1 Å².